The van der Waals surface area contributed by atoms with Crippen molar-refractivity contribution in [2.24, 2.45) is 0 Å². The van der Waals surface area contributed by atoms with Crippen LogP contribution in [0.1, 0.15) is 48.9 Å². The van der Waals surface area contributed by atoms with E-state index in [1.165, 1.54) is 4.90 Å². The van der Waals surface area contributed by atoms with E-state index in [9.17, 15) is 18.0 Å². The van der Waals surface area contributed by atoms with Gasteiger partial charge < -0.3 is 15.0 Å². The Kier molecular flexibility index (Phi) is 10.9. The van der Waals surface area contributed by atoms with Gasteiger partial charge in [0.15, 0.2) is 0 Å². The number of sulfonamides is 1. The number of amides is 2. The highest BCUT2D eigenvalue weighted by Crippen LogP contribution is 2.29. The van der Waals surface area contributed by atoms with Crippen molar-refractivity contribution in [3.05, 3.63) is 89.0 Å². The van der Waals surface area contributed by atoms with Gasteiger partial charge in [0.25, 0.3) is 10.0 Å². The first-order valence-corrected chi connectivity index (χ1v) is 15.3. The van der Waals surface area contributed by atoms with Crippen LogP contribution in [0, 0.1) is 20.8 Å². The van der Waals surface area contributed by atoms with Gasteiger partial charge in [-0.15, -0.1) is 0 Å². The normalized spacial score (nSPS) is 12.0. The molecule has 9 heteroatoms. The fourth-order valence-electron chi connectivity index (χ4n) is 4.61. The number of nitrogens with one attached hydrogen (secondary N) is 1. The maximum absolute atomic E-state index is 14.2. The summed E-state index contributed by atoms with van der Waals surface area (Å²) in [5.41, 5.74) is 3.76. The molecule has 0 radical (unpaired) electrons. The summed E-state index contributed by atoms with van der Waals surface area (Å²) >= 11 is 0. The Morgan fingerprint density at radius 1 is 0.951 bits per heavy atom. The van der Waals surface area contributed by atoms with Crippen molar-refractivity contribution in [3.63, 3.8) is 0 Å². The van der Waals surface area contributed by atoms with Crippen LogP contribution in [0.15, 0.2) is 71.6 Å². The number of hydrogen-bond acceptors (Lipinski definition) is 5. The second-order valence-electron chi connectivity index (χ2n) is 10.1. The van der Waals surface area contributed by atoms with Crippen molar-refractivity contribution in [2.45, 2.75) is 64.9 Å². The molecule has 0 bridgehead atoms. The van der Waals surface area contributed by atoms with Gasteiger partial charge in [-0.2, -0.15) is 0 Å². The predicted molar refractivity (Wildman–Crippen MR) is 163 cm³/mol. The summed E-state index contributed by atoms with van der Waals surface area (Å²) in [7, 11) is -2.56. The van der Waals surface area contributed by atoms with Crippen molar-refractivity contribution < 1.29 is 22.7 Å². The minimum atomic E-state index is -4.12. The molecule has 3 rings (SSSR count). The van der Waals surface area contributed by atoms with Crippen LogP contribution in [-0.2, 0) is 26.2 Å². The molecule has 41 heavy (non-hydrogen) atoms. The number of carbonyl (C=O) groups is 2. The summed E-state index contributed by atoms with van der Waals surface area (Å²) < 4.78 is 34.7. The van der Waals surface area contributed by atoms with Crippen LogP contribution in [0.3, 0.4) is 0 Å². The van der Waals surface area contributed by atoms with E-state index in [1.807, 2.05) is 58.9 Å². The van der Waals surface area contributed by atoms with Gasteiger partial charge in [0.1, 0.15) is 18.3 Å². The van der Waals surface area contributed by atoms with E-state index < -0.39 is 28.5 Å². The van der Waals surface area contributed by atoms with E-state index in [0.29, 0.717) is 24.4 Å². The van der Waals surface area contributed by atoms with Gasteiger partial charge >= 0.3 is 0 Å². The van der Waals surface area contributed by atoms with Crippen molar-refractivity contribution >= 4 is 27.5 Å². The molecular formula is C32H41N3O5S. The Morgan fingerprint density at radius 3 is 2.27 bits per heavy atom. The first kappa shape index (κ1) is 31.7. The molecule has 1 atom stereocenters. The summed E-state index contributed by atoms with van der Waals surface area (Å²) in [6.07, 6.45) is 1.11. The fraction of sp³-hybridized carbons (Fsp3) is 0.375. The fourth-order valence-corrected chi connectivity index (χ4v) is 6.08. The van der Waals surface area contributed by atoms with Gasteiger partial charge in [-0.1, -0.05) is 55.8 Å². The Labute approximate surface area is 244 Å². The molecule has 220 valence electrons. The summed E-state index contributed by atoms with van der Waals surface area (Å²) in [5, 5.41) is 2.90. The first-order valence-electron chi connectivity index (χ1n) is 13.9. The van der Waals surface area contributed by atoms with Crippen molar-refractivity contribution in [2.75, 3.05) is 24.5 Å². The Hall–Kier alpha value is -3.85. The third kappa shape index (κ3) is 7.67. The molecule has 0 aliphatic carbocycles. The Balaban J connectivity index is 2.10. The second kappa shape index (κ2) is 14.2. The summed E-state index contributed by atoms with van der Waals surface area (Å²) in [5.74, 6) is -0.134. The van der Waals surface area contributed by atoms with Crippen molar-refractivity contribution in [1.82, 2.24) is 10.2 Å². The SMILES string of the molecule is CCCNC(=O)[C@H](CC)N(Cc1cccc(OC)c1)C(=O)CN(c1cccc(C)c1C)S(=O)(=O)c1ccc(C)cc1. The van der Waals surface area contributed by atoms with Gasteiger partial charge in [-0.25, -0.2) is 8.42 Å². The topological polar surface area (TPSA) is 96.0 Å². The van der Waals surface area contributed by atoms with E-state index >= 15 is 0 Å². The smallest absolute Gasteiger partial charge is 0.264 e. The van der Waals surface area contributed by atoms with Crippen LogP contribution >= 0.6 is 0 Å². The van der Waals surface area contributed by atoms with Crippen molar-refractivity contribution in [1.29, 1.82) is 0 Å². The number of hydrogen-bond donors (Lipinski definition) is 1. The average Bonchev–Trinajstić information content (AvgIpc) is 2.96. The average molecular weight is 580 g/mol. The highest BCUT2D eigenvalue weighted by Gasteiger charge is 2.34. The largest absolute Gasteiger partial charge is 0.497 e. The molecule has 0 saturated carbocycles. The second-order valence-corrected chi connectivity index (χ2v) is 12.0. The molecule has 0 saturated heterocycles. The molecule has 3 aromatic carbocycles. The molecule has 0 spiro atoms. The number of aryl methyl sites for hydroxylation is 2. The summed E-state index contributed by atoms with van der Waals surface area (Å²) in [6.45, 7) is 9.54. The maximum Gasteiger partial charge on any atom is 0.264 e. The number of methoxy groups -OCH3 is 1. The number of carbonyl (C=O) groups excluding carboxylic acids is 2. The van der Waals surface area contributed by atoms with Gasteiger partial charge in [0, 0.05) is 13.1 Å². The van der Waals surface area contributed by atoms with E-state index in [4.69, 9.17) is 4.74 Å². The van der Waals surface area contributed by atoms with Gasteiger partial charge in [0.2, 0.25) is 11.8 Å². The zero-order valence-electron chi connectivity index (χ0n) is 24.8. The quantitative estimate of drug-likeness (QED) is 0.302. The zero-order valence-corrected chi connectivity index (χ0v) is 25.6. The lowest BCUT2D eigenvalue weighted by molar-refractivity contribution is -0.140. The van der Waals surface area contributed by atoms with Crippen molar-refractivity contribution in [3.8, 4) is 5.75 Å². The number of ether oxygens (including phenoxy) is 1. The Morgan fingerprint density at radius 2 is 1.63 bits per heavy atom. The van der Waals surface area contributed by atoms with E-state index in [-0.39, 0.29) is 17.3 Å². The van der Waals surface area contributed by atoms with E-state index in [2.05, 4.69) is 5.32 Å². The lowest BCUT2D eigenvalue weighted by atomic mass is 10.1. The summed E-state index contributed by atoms with van der Waals surface area (Å²) in [6, 6.07) is 18.4. The van der Waals surface area contributed by atoms with Gasteiger partial charge in [-0.05, 0) is 80.6 Å². The van der Waals surface area contributed by atoms with Crippen LogP contribution in [0.5, 0.6) is 5.75 Å². The standard InChI is InChI=1S/C32H41N3O5S/c1-7-19-33-32(37)29(8-2)34(21-26-12-10-13-27(20-26)40-6)31(36)22-35(30-14-9-11-24(4)25(30)5)41(38,39)28-17-15-23(3)16-18-28/h9-18,20,29H,7-8,19,21-22H2,1-6H3,(H,33,37)/t29-/m0/s1. The molecule has 8 nitrogen and oxygen atoms in total. The highest BCUT2D eigenvalue weighted by atomic mass is 32.2. The first-order chi connectivity index (χ1) is 19.5. The molecule has 0 aromatic heterocycles. The zero-order chi connectivity index (χ0) is 30.2. The molecular weight excluding hydrogens is 538 g/mol. The van der Waals surface area contributed by atoms with E-state index in [0.717, 1.165) is 33.0 Å². The van der Waals surface area contributed by atoms with Gasteiger partial charge in [-0.3, -0.25) is 13.9 Å². The molecule has 0 aliphatic heterocycles. The summed E-state index contributed by atoms with van der Waals surface area (Å²) in [4.78, 5) is 29.0. The molecule has 0 heterocycles. The van der Waals surface area contributed by atoms with E-state index in [1.54, 1.807) is 49.6 Å². The minimum absolute atomic E-state index is 0.0869. The molecule has 1 N–H and O–H groups in total. The number of benzene rings is 3. The molecule has 0 fully saturated rings. The number of rotatable bonds is 13. The highest BCUT2D eigenvalue weighted by molar-refractivity contribution is 7.92. The van der Waals surface area contributed by atoms with Crippen LogP contribution in [-0.4, -0.2) is 51.4 Å². The predicted octanol–water partition coefficient (Wildman–Crippen LogP) is 5.15. The molecule has 2 amide bonds. The minimum Gasteiger partial charge on any atom is -0.497 e. The van der Waals surface area contributed by atoms with Crippen LogP contribution < -0.4 is 14.4 Å². The monoisotopic (exact) mass is 579 g/mol. The third-order valence-electron chi connectivity index (χ3n) is 7.15. The van der Waals surface area contributed by atoms with Crippen LogP contribution in [0.25, 0.3) is 0 Å². The van der Waals surface area contributed by atoms with Crippen LogP contribution in [0.2, 0.25) is 0 Å². The number of nitrogens with zero attached hydrogens (tertiary/aromatic N) is 2. The molecule has 0 unspecified atom stereocenters. The van der Waals surface area contributed by atoms with Gasteiger partial charge in [0.05, 0.1) is 17.7 Å². The lowest BCUT2D eigenvalue weighted by Crippen LogP contribution is -2.52. The lowest BCUT2D eigenvalue weighted by Gasteiger charge is -2.33. The van der Waals surface area contributed by atoms with Crippen LogP contribution in [0.4, 0.5) is 5.69 Å². The molecule has 0 aliphatic rings. The number of anilines is 1. The Bertz CT molecular complexity index is 1450. The third-order valence-corrected chi connectivity index (χ3v) is 8.93. The molecule has 3 aromatic rings. The maximum atomic E-state index is 14.2.